The summed E-state index contributed by atoms with van der Waals surface area (Å²) in [6, 6.07) is 26.5. The molecule has 0 radical (unpaired) electrons. The number of anilines is 1. The molecule has 0 bridgehead atoms. The molecule has 2 amide bonds. The third kappa shape index (κ3) is 11.8. The summed E-state index contributed by atoms with van der Waals surface area (Å²) in [4.78, 5) is 40.0. The number of ether oxygens (including phenoxy) is 5. The highest BCUT2D eigenvalue weighted by Crippen LogP contribution is 2.39. The van der Waals surface area contributed by atoms with Gasteiger partial charge in [-0.3, -0.25) is 19.4 Å². The SMILES string of the molecule is CC.CCC(=O)N1Cc2ccccc2C2=C(NNN2CCOCCOCCOCCOCCOCCNC(=O)c2ccc(-c3cc(=O)c4ccc(O)c(O)c4o3)cc2)c2ccccc21. The zero-order valence-corrected chi connectivity index (χ0v) is 36.5. The summed E-state index contributed by atoms with van der Waals surface area (Å²) in [7, 11) is 0. The number of fused-ring (bicyclic) bond motifs is 5. The summed E-state index contributed by atoms with van der Waals surface area (Å²) in [5, 5.41) is 24.9. The van der Waals surface area contributed by atoms with Crippen LogP contribution in [0.5, 0.6) is 11.5 Å². The molecule has 0 fully saturated rings. The van der Waals surface area contributed by atoms with E-state index in [0.29, 0.717) is 103 Å². The molecule has 5 N–H and O–H groups in total. The number of carbonyl (C=O) groups excluding carboxylic acids is 2. The Bertz CT molecular complexity index is 2420. The third-order valence-electron chi connectivity index (χ3n) is 10.3. The van der Waals surface area contributed by atoms with Crippen molar-refractivity contribution >= 4 is 39.9 Å². The van der Waals surface area contributed by atoms with Crippen LogP contribution in [-0.2, 0) is 35.0 Å². The Kier molecular flexibility index (Phi) is 17.7. The summed E-state index contributed by atoms with van der Waals surface area (Å²) >= 11 is 0. The Hall–Kier alpha value is -6.27. The van der Waals surface area contributed by atoms with E-state index in [9.17, 15) is 24.6 Å². The number of benzene rings is 4. The highest BCUT2D eigenvalue weighted by Gasteiger charge is 2.32. The van der Waals surface area contributed by atoms with E-state index in [1.807, 2.05) is 62.1 Å². The summed E-state index contributed by atoms with van der Waals surface area (Å²) in [6.45, 7) is 11.4. The molecule has 0 saturated heterocycles. The standard InChI is InChI=1S/C46H51N5O11.C2H6/c1-2-41(54)50-30-33-7-3-4-8-34(33)43-42(35-9-5-6-10-37(35)50)48-49-51(43)18-20-58-22-24-60-26-28-61-27-25-59-23-21-57-19-17-47-46(56)32-13-11-31(12-14-32)40-29-39(53)36-15-16-38(52)44(55)45(36)62-40;1-2/h3-16,29,48-49,52,55H,2,17-28,30H2,1H3,(H,47,56);1-2H3. The van der Waals surface area contributed by atoms with Crippen molar-refractivity contribution in [1.29, 1.82) is 0 Å². The molecule has 7 rings (SSSR count). The average molecular weight is 880 g/mol. The number of nitrogens with zero attached hydrogens (tertiary/aromatic N) is 2. The monoisotopic (exact) mass is 879 g/mol. The van der Waals surface area contributed by atoms with E-state index in [4.69, 9.17) is 28.1 Å². The highest BCUT2D eigenvalue weighted by atomic mass is 16.6. The number of para-hydroxylation sites is 1. The minimum atomic E-state index is -0.512. The van der Waals surface area contributed by atoms with E-state index in [1.54, 1.807) is 24.3 Å². The Morgan fingerprint density at radius 1 is 0.750 bits per heavy atom. The Labute approximate surface area is 372 Å². The molecule has 2 aliphatic rings. The summed E-state index contributed by atoms with van der Waals surface area (Å²) in [5.41, 5.74) is 13.0. The minimum absolute atomic E-state index is 0.0724. The average Bonchev–Trinajstić information content (AvgIpc) is 3.74. The van der Waals surface area contributed by atoms with Gasteiger partial charge in [0.25, 0.3) is 5.91 Å². The summed E-state index contributed by atoms with van der Waals surface area (Å²) in [5.74, 6) is -0.937. The lowest BCUT2D eigenvalue weighted by Crippen LogP contribution is -2.39. The molecule has 2 aliphatic heterocycles. The maximum absolute atomic E-state index is 13.0. The highest BCUT2D eigenvalue weighted by molar-refractivity contribution is 6.02. The molecule has 16 heteroatoms. The van der Waals surface area contributed by atoms with Gasteiger partial charge in [0.15, 0.2) is 16.8 Å². The first-order chi connectivity index (χ1) is 31.3. The van der Waals surface area contributed by atoms with Crippen LogP contribution in [0.15, 0.2) is 100 Å². The quantitative estimate of drug-likeness (QED) is 0.0438. The second-order valence-electron chi connectivity index (χ2n) is 14.3. The lowest BCUT2D eigenvalue weighted by molar-refractivity contribution is -0.118. The molecule has 16 nitrogen and oxygen atoms in total. The Morgan fingerprint density at radius 3 is 2.03 bits per heavy atom. The van der Waals surface area contributed by atoms with Crippen molar-refractivity contribution < 1.29 is 47.9 Å². The Balaban J connectivity index is 0.00000335. The van der Waals surface area contributed by atoms with Crippen LogP contribution in [0.2, 0.25) is 0 Å². The summed E-state index contributed by atoms with van der Waals surface area (Å²) in [6.07, 6.45) is 0.417. The van der Waals surface area contributed by atoms with Gasteiger partial charge in [0, 0.05) is 41.3 Å². The van der Waals surface area contributed by atoms with Crippen molar-refractivity contribution in [2.75, 3.05) is 84.1 Å². The molecule has 0 atom stereocenters. The maximum Gasteiger partial charge on any atom is 0.251 e. The van der Waals surface area contributed by atoms with Crippen LogP contribution in [-0.4, -0.2) is 106 Å². The number of aromatic hydroxyl groups is 2. The fourth-order valence-electron chi connectivity index (χ4n) is 7.09. The predicted octanol–water partition coefficient (Wildman–Crippen LogP) is 5.82. The van der Waals surface area contributed by atoms with Gasteiger partial charge in [0.1, 0.15) is 5.76 Å². The van der Waals surface area contributed by atoms with Gasteiger partial charge < -0.3 is 54.0 Å². The topological polar surface area (TPSA) is 194 Å². The molecule has 4 aromatic carbocycles. The molecule has 0 unspecified atom stereocenters. The number of carbonyl (C=O) groups is 2. The van der Waals surface area contributed by atoms with Crippen LogP contribution in [0.3, 0.4) is 0 Å². The van der Waals surface area contributed by atoms with Gasteiger partial charge in [-0.15, -0.1) is 5.53 Å². The first kappa shape index (κ1) is 47.2. The molecular weight excluding hydrogens is 823 g/mol. The van der Waals surface area contributed by atoms with Gasteiger partial charge in [-0.25, -0.2) is 0 Å². The smallest absolute Gasteiger partial charge is 0.251 e. The molecule has 0 saturated carbocycles. The fraction of sp³-hybridized carbons (Fsp3) is 0.354. The minimum Gasteiger partial charge on any atom is -0.504 e. The number of hydrazine groups is 2. The van der Waals surface area contributed by atoms with Gasteiger partial charge >= 0.3 is 0 Å². The van der Waals surface area contributed by atoms with Crippen LogP contribution < -0.4 is 26.6 Å². The van der Waals surface area contributed by atoms with E-state index in [2.05, 4.69) is 33.4 Å². The van der Waals surface area contributed by atoms with Crippen LogP contribution >= 0.6 is 0 Å². The number of rotatable bonds is 21. The second kappa shape index (κ2) is 24.0. The van der Waals surface area contributed by atoms with Crippen molar-refractivity contribution in [1.82, 2.24) is 21.3 Å². The van der Waals surface area contributed by atoms with Gasteiger partial charge in [0.2, 0.25) is 11.7 Å². The predicted molar refractivity (Wildman–Crippen MR) is 243 cm³/mol. The van der Waals surface area contributed by atoms with Gasteiger partial charge in [-0.1, -0.05) is 75.4 Å². The van der Waals surface area contributed by atoms with Crippen molar-refractivity contribution in [3.05, 3.63) is 123 Å². The zero-order valence-electron chi connectivity index (χ0n) is 36.5. The number of nitrogens with one attached hydrogen (secondary N) is 3. The molecule has 3 heterocycles. The molecule has 1 aromatic heterocycles. The van der Waals surface area contributed by atoms with E-state index in [0.717, 1.165) is 33.8 Å². The number of phenolic OH excluding ortho intramolecular Hbond substituents is 2. The fourth-order valence-corrected chi connectivity index (χ4v) is 7.09. The van der Waals surface area contributed by atoms with Crippen molar-refractivity contribution in [3.63, 3.8) is 0 Å². The van der Waals surface area contributed by atoms with Gasteiger partial charge in [-0.2, -0.15) is 0 Å². The zero-order chi connectivity index (χ0) is 45.3. The third-order valence-corrected chi connectivity index (χ3v) is 10.3. The van der Waals surface area contributed by atoms with Crippen LogP contribution in [0.25, 0.3) is 33.7 Å². The number of hydrogen-bond acceptors (Lipinski definition) is 14. The molecule has 340 valence electrons. The number of phenols is 2. The normalized spacial score (nSPS) is 13.0. The summed E-state index contributed by atoms with van der Waals surface area (Å²) < 4.78 is 33.9. The molecule has 5 aromatic rings. The first-order valence-electron chi connectivity index (χ1n) is 21.6. The van der Waals surface area contributed by atoms with Crippen LogP contribution in [0.1, 0.15) is 54.2 Å². The Morgan fingerprint density at radius 2 is 1.36 bits per heavy atom. The number of hydrogen-bond donors (Lipinski definition) is 5. The van der Waals surface area contributed by atoms with Crippen LogP contribution in [0, 0.1) is 0 Å². The molecular formula is C48H57N5O11. The van der Waals surface area contributed by atoms with Gasteiger partial charge in [0.05, 0.1) is 102 Å². The lowest BCUT2D eigenvalue weighted by Gasteiger charge is -2.30. The van der Waals surface area contributed by atoms with E-state index >= 15 is 0 Å². The van der Waals surface area contributed by atoms with E-state index in [-0.39, 0.29) is 34.0 Å². The van der Waals surface area contributed by atoms with Crippen molar-refractivity contribution in [3.8, 4) is 22.8 Å². The lowest BCUT2D eigenvalue weighted by atomic mass is 9.96. The van der Waals surface area contributed by atoms with Crippen molar-refractivity contribution in [2.45, 2.75) is 33.7 Å². The van der Waals surface area contributed by atoms with Gasteiger partial charge in [-0.05, 0) is 35.9 Å². The van der Waals surface area contributed by atoms with E-state index < -0.39 is 11.5 Å². The molecule has 64 heavy (non-hydrogen) atoms. The second-order valence-corrected chi connectivity index (χ2v) is 14.3. The first-order valence-corrected chi connectivity index (χ1v) is 21.6. The van der Waals surface area contributed by atoms with E-state index in [1.165, 1.54) is 18.2 Å². The van der Waals surface area contributed by atoms with Crippen molar-refractivity contribution in [2.24, 2.45) is 0 Å². The maximum atomic E-state index is 13.0. The van der Waals surface area contributed by atoms with Crippen LogP contribution in [0.4, 0.5) is 5.69 Å². The number of amides is 2. The molecule has 0 spiro atoms. The largest absolute Gasteiger partial charge is 0.504 e. The molecule has 0 aliphatic carbocycles.